The fourth-order valence-electron chi connectivity index (χ4n) is 2.83. The van der Waals surface area contributed by atoms with E-state index < -0.39 is 0 Å². The molecule has 0 saturated carbocycles. The lowest BCUT2D eigenvalue weighted by Gasteiger charge is -2.22. The Bertz CT molecular complexity index is 487. The SMILES string of the molecule is CC(C)C1CCCN(C(=O)c2ccc(Br)cc2Br)CC1. The Labute approximate surface area is 138 Å². The number of likely N-dealkylation sites (tertiary alicyclic amines) is 1. The van der Waals surface area contributed by atoms with E-state index in [0.717, 1.165) is 46.4 Å². The van der Waals surface area contributed by atoms with E-state index in [1.54, 1.807) is 0 Å². The first kappa shape index (κ1) is 16.0. The molecule has 1 fully saturated rings. The third kappa shape index (κ3) is 3.85. The lowest BCUT2D eigenvalue weighted by Crippen LogP contribution is -2.32. The molecular formula is C16H21Br2NO. The first-order valence-electron chi connectivity index (χ1n) is 7.23. The summed E-state index contributed by atoms with van der Waals surface area (Å²) in [5.41, 5.74) is 0.760. The summed E-state index contributed by atoms with van der Waals surface area (Å²) in [4.78, 5) is 14.7. The van der Waals surface area contributed by atoms with Crippen molar-refractivity contribution < 1.29 is 4.79 Å². The predicted octanol–water partition coefficient (Wildman–Crippen LogP) is 5.11. The largest absolute Gasteiger partial charge is 0.339 e. The number of carbonyl (C=O) groups is 1. The van der Waals surface area contributed by atoms with Gasteiger partial charge in [-0.2, -0.15) is 0 Å². The lowest BCUT2D eigenvalue weighted by atomic mass is 9.89. The average molecular weight is 403 g/mol. The van der Waals surface area contributed by atoms with Gasteiger partial charge >= 0.3 is 0 Å². The van der Waals surface area contributed by atoms with E-state index in [4.69, 9.17) is 0 Å². The Morgan fingerprint density at radius 3 is 2.65 bits per heavy atom. The minimum Gasteiger partial charge on any atom is -0.339 e. The maximum atomic E-state index is 12.6. The molecule has 1 aromatic rings. The van der Waals surface area contributed by atoms with Crippen LogP contribution in [0.15, 0.2) is 27.1 Å². The summed E-state index contributed by atoms with van der Waals surface area (Å²) >= 11 is 6.91. The van der Waals surface area contributed by atoms with Crippen LogP contribution >= 0.6 is 31.9 Å². The third-order valence-corrected chi connectivity index (χ3v) is 5.31. The number of halogens is 2. The van der Waals surface area contributed by atoms with Gasteiger partial charge in [-0.25, -0.2) is 0 Å². The zero-order valence-electron chi connectivity index (χ0n) is 12.0. The van der Waals surface area contributed by atoms with Gasteiger partial charge in [-0.1, -0.05) is 29.8 Å². The van der Waals surface area contributed by atoms with Gasteiger partial charge in [-0.3, -0.25) is 4.79 Å². The molecule has 1 unspecified atom stereocenters. The van der Waals surface area contributed by atoms with Gasteiger partial charge in [0.1, 0.15) is 0 Å². The Balaban J connectivity index is 2.09. The van der Waals surface area contributed by atoms with Gasteiger partial charge in [0, 0.05) is 22.0 Å². The van der Waals surface area contributed by atoms with Gasteiger partial charge < -0.3 is 4.90 Å². The van der Waals surface area contributed by atoms with Gasteiger partial charge in [-0.15, -0.1) is 0 Å². The lowest BCUT2D eigenvalue weighted by molar-refractivity contribution is 0.0758. The Hall–Kier alpha value is -0.350. The molecule has 1 amide bonds. The molecule has 0 radical (unpaired) electrons. The summed E-state index contributed by atoms with van der Waals surface area (Å²) < 4.78 is 1.85. The minimum atomic E-state index is 0.147. The van der Waals surface area contributed by atoms with Crippen LogP contribution in [0.2, 0.25) is 0 Å². The molecule has 0 N–H and O–H groups in total. The normalized spacial score (nSPS) is 20.1. The van der Waals surface area contributed by atoms with Crippen LogP contribution in [0.5, 0.6) is 0 Å². The van der Waals surface area contributed by atoms with Crippen LogP contribution in [-0.2, 0) is 0 Å². The van der Waals surface area contributed by atoms with E-state index in [2.05, 4.69) is 45.7 Å². The number of nitrogens with zero attached hydrogens (tertiary/aromatic N) is 1. The second-order valence-corrected chi connectivity index (χ2v) is 7.62. The fraction of sp³-hybridized carbons (Fsp3) is 0.562. The standard InChI is InChI=1S/C16H21Br2NO/c1-11(2)12-4-3-8-19(9-7-12)16(20)14-6-5-13(17)10-15(14)18/h5-6,10-12H,3-4,7-9H2,1-2H3. The van der Waals surface area contributed by atoms with E-state index in [9.17, 15) is 4.79 Å². The highest BCUT2D eigenvalue weighted by Gasteiger charge is 2.24. The molecule has 0 spiro atoms. The highest BCUT2D eigenvalue weighted by Crippen LogP contribution is 2.27. The summed E-state index contributed by atoms with van der Waals surface area (Å²) in [6, 6.07) is 5.75. The molecule has 0 aromatic heterocycles. The highest BCUT2D eigenvalue weighted by molar-refractivity contribution is 9.11. The summed E-state index contributed by atoms with van der Waals surface area (Å²) in [7, 11) is 0. The van der Waals surface area contributed by atoms with Crippen molar-refractivity contribution in [3.05, 3.63) is 32.7 Å². The van der Waals surface area contributed by atoms with Gasteiger partial charge in [0.25, 0.3) is 5.91 Å². The van der Waals surface area contributed by atoms with Crippen molar-refractivity contribution in [3.8, 4) is 0 Å². The molecular weight excluding hydrogens is 382 g/mol. The molecule has 4 heteroatoms. The quantitative estimate of drug-likeness (QED) is 0.672. The zero-order chi connectivity index (χ0) is 14.7. The molecule has 1 aliphatic rings. The Kier molecular flexibility index (Phi) is 5.67. The number of amides is 1. The second-order valence-electron chi connectivity index (χ2n) is 5.85. The van der Waals surface area contributed by atoms with E-state index in [1.165, 1.54) is 6.42 Å². The van der Waals surface area contributed by atoms with Crippen molar-refractivity contribution in [2.75, 3.05) is 13.1 Å². The first-order chi connectivity index (χ1) is 9.49. The Morgan fingerprint density at radius 1 is 1.25 bits per heavy atom. The van der Waals surface area contributed by atoms with Gasteiger partial charge in [0.2, 0.25) is 0 Å². The topological polar surface area (TPSA) is 20.3 Å². The maximum absolute atomic E-state index is 12.6. The minimum absolute atomic E-state index is 0.147. The van der Waals surface area contributed by atoms with Crippen molar-refractivity contribution in [2.45, 2.75) is 33.1 Å². The van der Waals surface area contributed by atoms with Gasteiger partial charge in [0.15, 0.2) is 0 Å². The molecule has 1 aromatic carbocycles. The van der Waals surface area contributed by atoms with Crippen LogP contribution in [0.3, 0.4) is 0 Å². The monoisotopic (exact) mass is 401 g/mol. The van der Waals surface area contributed by atoms with Gasteiger partial charge in [0.05, 0.1) is 5.56 Å². The number of hydrogen-bond acceptors (Lipinski definition) is 1. The maximum Gasteiger partial charge on any atom is 0.254 e. The number of hydrogen-bond donors (Lipinski definition) is 0. The highest BCUT2D eigenvalue weighted by atomic mass is 79.9. The second kappa shape index (κ2) is 7.08. The zero-order valence-corrected chi connectivity index (χ0v) is 15.2. The van der Waals surface area contributed by atoms with Crippen LogP contribution in [-0.4, -0.2) is 23.9 Å². The van der Waals surface area contributed by atoms with E-state index in [0.29, 0.717) is 5.92 Å². The number of carbonyl (C=O) groups excluding carboxylic acids is 1. The van der Waals surface area contributed by atoms with Gasteiger partial charge in [-0.05, 0) is 65.2 Å². The smallest absolute Gasteiger partial charge is 0.254 e. The van der Waals surface area contributed by atoms with E-state index in [1.807, 2.05) is 23.1 Å². The summed E-state index contributed by atoms with van der Waals surface area (Å²) in [5, 5.41) is 0. The molecule has 110 valence electrons. The van der Waals surface area contributed by atoms with Crippen molar-refractivity contribution in [3.63, 3.8) is 0 Å². The van der Waals surface area contributed by atoms with Crippen LogP contribution in [0.4, 0.5) is 0 Å². The molecule has 1 heterocycles. The van der Waals surface area contributed by atoms with Crippen LogP contribution in [0.25, 0.3) is 0 Å². The number of rotatable bonds is 2. The van der Waals surface area contributed by atoms with Crippen molar-refractivity contribution >= 4 is 37.8 Å². The average Bonchev–Trinajstić information content (AvgIpc) is 2.63. The van der Waals surface area contributed by atoms with Crippen LogP contribution < -0.4 is 0 Å². The Morgan fingerprint density at radius 2 is 2.00 bits per heavy atom. The van der Waals surface area contributed by atoms with E-state index in [-0.39, 0.29) is 5.91 Å². The van der Waals surface area contributed by atoms with Crippen molar-refractivity contribution in [2.24, 2.45) is 11.8 Å². The molecule has 2 nitrogen and oxygen atoms in total. The molecule has 1 saturated heterocycles. The first-order valence-corrected chi connectivity index (χ1v) is 8.82. The molecule has 1 aliphatic heterocycles. The summed E-state index contributed by atoms with van der Waals surface area (Å²) in [6.45, 7) is 6.33. The van der Waals surface area contributed by atoms with E-state index >= 15 is 0 Å². The molecule has 0 aliphatic carbocycles. The third-order valence-electron chi connectivity index (χ3n) is 4.16. The van der Waals surface area contributed by atoms with Crippen molar-refractivity contribution in [1.29, 1.82) is 0 Å². The summed E-state index contributed by atoms with van der Waals surface area (Å²) in [6.07, 6.45) is 3.48. The fourth-order valence-corrected chi connectivity index (χ4v) is 4.04. The number of benzene rings is 1. The summed E-state index contributed by atoms with van der Waals surface area (Å²) in [5.74, 6) is 1.61. The van der Waals surface area contributed by atoms with Crippen molar-refractivity contribution in [1.82, 2.24) is 4.90 Å². The molecule has 20 heavy (non-hydrogen) atoms. The van der Waals surface area contributed by atoms with Crippen LogP contribution in [0.1, 0.15) is 43.5 Å². The molecule has 2 rings (SSSR count). The van der Waals surface area contributed by atoms with Crippen LogP contribution in [0, 0.1) is 11.8 Å². The molecule has 0 bridgehead atoms. The predicted molar refractivity (Wildman–Crippen MR) is 89.9 cm³/mol. The molecule has 1 atom stereocenters.